The molecule has 0 saturated carbocycles. The van der Waals surface area contributed by atoms with E-state index in [0.29, 0.717) is 5.11 Å². The van der Waals surface area contributed by atoms with Crippen molar-refractivity contribution in [3.63, 3.8) is 0 Å². The van der Waals surface area contributed by atoms with Crippen LogP contribution in [-0.4, -0.2) is 55.1 Å². The van der Waals surface area contributed by atoms with Crippen LogP contribution in [0.3, 0.4) is 0 Å². The molecule has 0 aliphatic carbocycles. The number of morpholine rings is 1. The molecule has 1 fully saturated rings. The topological polar surface area (TPSA) is 48.9 Å². The van der Waals surface area contributed by atoms with Crippen LogP contribution in [0.15, 0.2) is 11.2 Å². The van der Waals surface area contributed by atoms with Gasteiger partial charge in [-0.25, -0.2) is 0 Å². The summed E-state index contributed by atoms with van der Waals surface area (Å²) in [5, 5.41) is 8.13. The molecule has 2 rings (SSSR count). The van der Waals surface area contributed by atoms with Gasteiger partial charge in [0.2, 0.25) is 0 Å². The molecule has 0 bridgehead atoms. The molecule has 2 N–H and O–H groups in total. The van der Waals surface area contributed by atoms with Crippen molar-refractivity contribution in [2.45, 2.75) is 20.8 Å². The average molecular weight is 341 g/mol. The van der Waals surface area contributed by atoms with Crippen molar-refractivity contribution >= 4 is 34.4 Å². The van der Waals surface area contributed by atoms with Gasteiger partial charge >= 0.3 is 0 Å². The Morgan fingerprint density at radius 3 is 2.77 bits per heavy atom. The number of thiocarbonyl (C=S) groups is 1. The second kappa shape index (κ2) is 8.57. The SMILES string of the molecule is C/C(=N/NC(=S)NCCN1CCOCC1)c1cc(C)sc1C. The highest BCUT2D eigenvalue weighted by Crippen LogP contribution is 2.20. The molecule has 1 aliphatic rings. The van der Waals surface area contributed by atoms with Gasteiger partial charge in [-0.05, 0) is 39.1 Å². The van der Waals surface area contributed by atoms with E-state index in [2.05, 4.69) is 40.7 Å². The summed E-state index contributed by atoms with van der Waals surface area (Å²) >= 11 is 7.05. The van der Waals surface area contributed by atoms with E-state index < -0.39 is 0 Å². The molecule has 7 heteroatoms. The summed E-state index contributed by atoms with van der Waals surface area (Å²) < 4.78 is 5.33. The molecule has 22 heavy (non-hydrogen) atoms. The summed E-state index contributed by atoms with van der Waals surface area (Å²) in [7, 11) is 0. The lowest BCUT2D eigenvalue weighted by Gasteiger charge is -2.26. The number of hydrogen-bond acceptors (Lipinski definition) is 5. The minimum absolute atomic E-state index is 0.567. The van der Waals surface area contributed by atoms with Crippen LogP contribution in [0.2, 0.25) is 0 Å². The van der Waals surface area contributed by atoms with Crippen molar-refractivity contribution in [1.82, 2.24) is 15.6 Å². The van der Waals surface area contributed by atoms with Gasteiger partial charge in [-0.2, -0.15) is 5.10 Å². The molecule has 0 atom stereocenters. The van der Waals surface area contributed by atoms with Gasteiger partial charge in [0.1, 0.15) is 0 Å². The van der Waals surface area contributed by atoms with E-state index in [1.807, 2.05) is 6.92 Å². The summed E-state index contributed by atoms with van der Waals surface area (Å²) in [5.41, 5.74) is 5.07. The van der Waals surface area contributed by atoms with E-state index in [-0.39, 0.29) is 0 Å². The van der Waals surface area contributed by atoms with Gasteiger partial charge in [0.05, 0.1) is 18.9 Å². The Labute approximate surface area is 141 Å². The van der Waals surface area contributed by atoms with Crippen LogP contribution < -0.4 is 10.7 Å². The Bertz CT molecular complexity index is 536. The number of rotatable bonds is 5. The summed E-state index contributed by atoms with van der Waals surface area (Å²) in [6.07, 6.45) is 0. The predicted molar refractivity (Wildman–Crippen MR) is 97.0 cm³/mol. The maximum atomic E-state index is 5.33. The Hall–Kier alpha value is -1.02. The van der Waals surface area contributed by atoms with Crippen LogP contribution in [-0.2, 0) is 4.74 Å². The molecule has 0 aromatic carbocycles. The third-order valence-corrected chi connectivity index (χ3v) is 4.77. The number of thiophene rings is 1. The first kappa shape index (κ1) is 17.3. The van der Waals surface area contributed by atoms with Gasteiger partial charge in [-0.3, -0.25) is 10.3 Å². The standard InChI is InChI=1S/C15H24N4OS2/c1-11-10-14(13(3)22-11)12(2)17-18-15(21)16-4-5-19-6-8-20-9-7-19/h10H,4-9H2,1-3H3,(H2,16,18,21)/b17-12-. The van der Waals surface area contributed by atoms with Gasteiger partial charge < -0.3 is 10.1 Å². The summed E-state index contributed by atoms with van der Waals surface area (Å²) in [6, 6.07) is 2.16. The van der Waals surface area contributed by atoms with Crippen molar-refractivity contribution in [3.8, 4) is 0 Å². The minimum Gasteiger partial charge on any atom is -0.379 e. The molecule has 122 valence electrons. The predicted octanol–water partition coefficient (Wildman–Crippen LogP) is 1.89. The zero-order valence-corrected chi connectivity index (χ0v) is 15.1. The summed E-state index contributed by atoms with van der Waals surface area (Å²) in [6.45, 7) is 11.7. The Morgan fingerprint density at radius 2 is 2.14 bits per heavy atom. The molecule has 1 aromatic rings. The minimum atomic E-state index is 0.567. The Kier molecular flexibility index (Phi) is 6.75. The monoisotopic (exact) mass is 340 g/mol. The molecule has 1 aliphatic heterocycles. The van der Waals surface area contributed by atoms with Gasteiger partial charge in [-0.1, -0.05) is 0 Å². The molecule has 2 heterocycles. The number of aryl methyl sites for hydroxylation is 2. The van der Waals surface area contributed by atoms with E-state index in [0.717, 1.165) is 45.1 Å². The Morgan fingerprint density at radius 1 is 1.41 bits per heavy atom. The first-order valence-electron chi connectivity index (χ1n) is 7.52. The van der Waals surface area contributed by atoms with E-state index in [4.69, 9.17) is 17.0 Å². The number of ether oxygens (including phenoxy) is 1. The number of nitrogens with one attached hydrogen (secondary N) is 2. The maximum Gasteiger partial charge on any atom is 0.187 e. The first-order valence-corrected chi connectivity index (χ1v) is 8.74. The fourth-order valence-electron chi connectivity index (χ4n) is 2.38. The van der Waals surface area contributed by atoms with Crippen LogP contribution in [0, 0.1) is 13.8 Å². The van der Waals surface area contributed by atoms with E-state index >= 15 is 0 Å². The molecule has 1 saturated heterocycles. The van der Waals surface area contributed by atoms with Crippen molar-refractivity contribution in [2.24, 2.45) is 5.10 Å². The van der Waals surface area contributed by atoms with Gasteiger partial charge in [0.25, 0.3) is 0 Å². The number of hydrazone groups is 1. The molecular formula is C15H24N4OS2. The fourth-order valence-corrected chi connectivity index (χ4v) is 3.50. The van der Waals surface area contributed by atoms with E-state index in [9.17, 15) is 0 Å². The lowest BCUT2D eigenvalue weighted by molar-refractivity contribution is 0.0389. The summed E-state index contributed by atoms with van der Waals surface area (Å²) in [5.74, 6) is 0. The van der Waals surface area contributed by atoms with Crippen molar-refractivity contribution < 1.29 is 4.74 Å². The molecule has 5 nitrogen and oxygen atoms in total. The molecular weight excluding hydrogens is 316 g/mol. The van der Waals surface area contributed by atoms with E-state index in [1.165, 1.54) is 15.3 Å². The largest absolute Gasteiger partial charge is 0.379 e. The lowest BCUT2D eigenvalue weighted by Crippen LogP contribution is -2.42. The normalized spacial score (nSPS) is 16.6. The van der Waals surface area contributed by atoms with Crippen molar-refractivity contribution in [2.75, 3.05) is 39.4 Å². The lowest BCUT2D eigenvalue weighted by atomic mass is 10.2. The highest BCUT2D eigenvalue weighted by atomic mass is 32.1. The van der Waals surface area contributed by atoms with Gasteiger partial charge in [0.15, 0.2) is 5.11 Å². The van der Waals surface area contributed by atoms with Crippen molar-refractivity contribution in [1.29, 1.82) is 0 Å². The molecule has 0 spiro atoms. The van der Waals surface area contributed by atoms with Gasteiger partial charge in [0, 0.05) is 41.5 Å². The van der Waals surface area contributed by atoms with Gasteiger partial charge in [-0.15, -0.1) is 11.3 Å². The fraction of sp³-hybridized carbons (Fsp3) is 0.600. The average Bonchev–Trinajstić information content (AvgIpc) is 2.84. The van der Waals surface area contributed by atoms with Crippen LogP contribution in [0.1, 0.15) is 22.2 Å². The highest BCUT2D eigenvalue weighted by Gasteiger charge is 2.09. The second-order valence-electron chi connectivity index (χ2n) is 5.35. The number of nitrogens with zero attached hydrogens (tertiary/aromatic N) is 2. The first-order chi connectivity index (χ1) is 10.6. The maximum absolute atomic E-state index is 5.33. The molecule has 0 unspecified atom stereocenters. The highest BCUT2D eigenvalue weighted by molar-refractivity contribution is 7.80. The second-order valence-corrected chi connectivity index (χ2v) is 7.21. The third-order valence-electron chi connectivity index (χ3n) is 3.57. The van der Waals surface area contributed by atoms with Crippen LogP contribution in [0.4, 0.5) is 0 Å². The van der Waals surface area contributed by atoms with Crippen molar-refractivity contribution in [3.05, 3.63) is 21.4 Å². The van der Waals surface area contributed by atoms with Crippen LogP contribution in [0.25, 0.3) is 0 Å². The zero-order valence-electron chi connectivity index (χ0n) is 13.4. The Balaban J connectivity index is 1.72. The third kappa shape index (κ3) is 5.31. The smallest absolute Gasteiger partial charge is 0.187 e. The van der Waals surface area contributed by atoms with Crippen LogP contribution in [0.5, 0.6) is 0 Å². The molecule has 0 radical (unpaired) electrons. The zero-order chi connectivity index (χ0) is 15.9. The molecule has 0 amide bonds. The van der Waals surface area contributed by atoms with E-state index in [1.54, 1.807) is 11.3 Å². The summed E-state index contributed by atoms with van der Waals surface area (Å²) in [4.78, 5) is 4.95. The number of hydrogen-bond donors (Lipinski definition) is 2. The quantitative estimate of drug-likeness (QED) is 0.487. The van der Waals surface area contributed by atoms with Crippen LogP contribution >= 0.6 is 23.6 Å². The molecule has 1 aromatic heterocycles.